The minimum atomic E-state index is -1.96. The third-order valence-electron chi connectivity index (χ3n) is 8.18. The first kappa shape index (κ1) is 25.6. The van der Waals surface area contributed by atoms with Crippen LogP contribution in [0.2, 0.25) is 0 Å². The number of halogens is 1. The number of aliphatic hydroxyl groups is 2. The molecule has 0 fully saturated rings. The first-order valence-corrected chi connectivity index (χ1v) is 13.0. The number of carbonyl (C=O) groups excluding carboxylic acids is 2. The number of carbonyl (C=O) groups is 2. The lowest BCUT2D eigenvalue weighted by Gasteiger charge is -2.31. The van der Waals surface area contributed by atoms with E-state index in [1.165, 1.54) is 10.6 Å². The van der Waals surface area contributed by atoms with Crippen LogP contribution in [0, 0.1) is 12.7 Å². The molecule has 10 nitrogen and oxygen atoms in total. The molecule has 0 saturated heterocycles. The van der Waals surface area contributed by atoms with Gasteiger partial charge >= 0.3 is 5.97 Å². The lowest BCUT2D eigenvalue weighted by Crippen LogP contribution is -2.44. The molecule has 3 aliphatic rings. The molecule has 3 aromatic rings. The van der Waals surface area contributed by atoms with Crippen LogP contribution in [0.1, 0.15) is 59.2 Å². The van der Waals surface area contributed by atoms with Crippen molar-refractivity contribution in [2.75, 3.05) is 19.8 Å². The molecule has 204 valence electrons. The maximum Gasteiger partial charge on any atom is 0.343 e. The van der Waals surface area contributed by atoms with Gasteiger partial charge in [0, 0.05) is 22.6 Å². The number of amides is 1. The topological polar surface area (TPSA) is 140 Å². The Hall–Kier alpha value is -3.67. The second-order valence-corrected chi connectivity index (χ2v) is 10.2. The summed E-state index contributed by atoms with van der Waals surface area (Å²) in [6.45, 7) is 2.89. The molecular weight excluding hydrogens is 509 g/mol. The third kappa shape index (κ3) is 3.71. The summed E-state index contributed by atoms with van der Waals surface area (Å²) in [4.78, 5) is 43.6. The highest BCUT2D eigenvalue weighted by Crippen LogP contribution is 2.45. The lowest BCUT2D eigenvalue weighted by molar-refractivity contribution is -0.172. The molecule has 4 heterocycles. The fourth-order valence-corrected chi connectivity index (χ4v) is 6.16. The minimum absolute atomic E-state index is 0.0191. The Labute approximate surface area is 222 Å². The molecule has 39 heavy (non-hydrogen) atoms. The fourth-order valence-electron chi connectivity index (χ4n) is 6.16. The van der Waals surface area contributed by atoms with E-state index in [9.17, 15) is 23.9 Å². The standard InChI is InChI=1S/C28H28FN3O7/c1-3-28(37)17-8-21-25-15(10-32(21)26(35)16(17)11-39-27(28)36)24-19(30-22(34)12-38-7-6-33)5-4-14-13(2)18(29)9-20(31-25)23(14)24/h8-9,19,33,37H,3-7,10-12H2,1-2H3,(H,30,34)/t19-,28-/m0/s1. The van der Waals surface area contributed by atoms with E-state index in [2.05, 4.69) is 5.32 Å². The molecule has 2 aromatic heterocycles. The first-order chi connectivity index (χ1) is 18.7. The number of nitrogens with one attached hydrogen (secondary N) is 1. The van der Waals surface area contributed by atoms with E-state index in [4.69, 9.17) is 19.6 Å². The summed E-state index contributed by atoms with van der Waals surface area (Å²) in [6.07, 6.45) is 1.06. The number of cyclic esters (lactones) is 1. The fraction of sp³-hybridized carbons (Fsp3) is 0.429. The molecule has 0 saturated carbocycles. The van der Waals surface area contributed by atoms with Crippen LogP contribution < -0.4 is 10.9 Å². The van der Waals surface area contributed by atoms with Crippen LogP contribution in [-0.4, -0.2) is 51.5 Å². The van der Waals surface area contributed by atoms with E-state index in [-0.39, 0.29) is 62.2 Å². The van der Waals surface area contributed by atoms with Gasteiger partial charge in [0.05, 0.1) is 48.3 Å². The molecule has 0 radical (unpaired) electrons. The summed E-state index contributed by atoms with van der Waals surface area (Å²) in [5, 5.41) is 23.9. The van der Waals surface area contributed by atoms with Gasteiger partial charge in [-0.05, 0) is 48.9 Å². The number of aromatic nitrogens is 2. The van der Waals surface area contributed by atoms with E-state index in [0.29, 0.717) is 35.3 Å². The number of aliphatic hydroxyl groups excluding tert-OH is 1. The van der Waals surface area contributed by atoms with E-state index in [1.807, 2.05) is 0 Å². The Bertz CT molecular complexity index is 1630. The molecule has 1 aromatic carbocycles. The predicted molar refractivity (Wildman–Crippen MR) is 136 cm³/mol. The molecule has 11 heteroatoms. The number of hydrogen-bond acceptors (Lipinski definition) is 8. The molecule has 0 unspecified atom stereocenters. The van der Waals surface area contributed by atoms with Crippen molar-refractivity contribution in [2.24, 2.45) is 0 Å². The number of nitrogens with zero attached hydrogens (tertiary/aromatic N) is 2. The summed E-state index contributed by atoms with van der Waals surface area (Å²) in [7, 11) is 0. The normalized spacial score (nSPS) is 20.8. The molecule has 1 amide bonds. The van der Waals surface area contributed by atoms with Crippen molar-refractivity contribution in [1.82, 2.24) is 14.9 Å². The monoisotopic (exact) mass is 537 g/mol. The quantitative estimate of drug-likeness (QED) is 0.249. The second kappa shape index (κ2) is 9.22. The Kier molecular flexibility index (Phi) is 6.05. The van der Waals surface area contributed by atoms with Crippen molar-refractivity contribution < 1.29 is 33.7 Å². The number of hydrogen-bond donors (Lipinski definition) is 3. The van der Waals surface area contributed by atoms with Gasteiger partial charge in [-0.2, -0.15) is 0 Å². The van der Waals surface area contributed by atoms with E-state index in [1.54, 1.807) is 19.9 Å². The van der Waals surface area contributed by atoms with Crippen molar-refractivity contribution in [1.29, 1.82) is 0 Å². The highest BCUT2D eigenvalue weighted by atomic mass is 19.1. The highest BCUT2D eigenvalue weighted by molar-refractivity contribution is 5.94. The van der Waals surface area contributed by atoms with Gasteiger partial charge in [0.25, 0.3) is 5.56 Å². The number of rotatable bonds is 6. The molecular formula is C28H28FN3O7. The molecule has 1 aliphatic carbocycles. The summed E-state index contributed by atoms with van der Waals surface area (Å²) in [5.41, 5.74) is 2.15. The predicted octanol–water partition coefficient (Wildman–Crippen LogP) is 1.64. The van der Waals surface area contributed by atoms with Gasteiger partial charge in [0.2, 0.25) is 5.91 Å². The third-order valence-corrected chi connectivity index (χ3v) is 8.18. The van der Waals surface area contributed by atoms with Gasteiger partial charge in [-0.1, -0.05) is 6.92 Å². The van der Waals surface area contributed by atoms with Crippen LogP contribution in [0.3, 0.4) is 0 Å². The lowest BCUT2D eigenvalue weighted by atomic mass is 9.81. The van der Waals surface area contributed by atoms with Gasteiger partial charge in [-0.15, -0.1) is 0 Å². The zero-order valence-electron chi connectivity index (χ0n) is 21.6. The van der Waals surface area contributed by atoms with Crippen LogP contribution in [0.4, 0.5) is 4.39 Å². The van der Waals surface area contributed by atoms with Crippen molar-refractivity contribution in [2.45, 2.75) is 57.9 Å². The van der Waals surface area contributed by atoms with Crippen molar-refractivity contribution in [3.05, 3.63) is 61.7 Å². The van der Waals surface area contributed by atoms with Gasteiger partial charge < -0.3 is 29.6 Å². The van der Waals surface area contributed by atoms with Crippen molar-refractivity contribution >= 4 is 22.8 Å². The molecule has 0 bridgehead atoms. The highest BCUT2D eigenvalue weighted by Gasteiger charge is 2.46. The van der Waals surface area contributed by atoms with Crippen LogP contribution in [0.5, 0.6) is 0 Å². The van der Waals surface area contributed by atoms with Crippen molar-refractivity contribution in [3.8, 4) is 11.4 Å². The first-order valence-electron chi connectivity index (χ1n) is 13.0. The van der Waals surface area contributed by atoms with E-state index in [0.717, 1.165) is 22.1 Å². The summed E-state index contributed by atoms with van der Waals surface area (Å²) < 4.78 is 26.8. The Morgan fingerprint density at radius 1 is 1.31 bits per heavy atom. The van der Waals surface area contributed by atoms with Crippen LogP contribution in [0.25, 0.3) is 22.3 Å². The smallest absolute Gasteiger partial charge is 0.343 e. The van der Waals surface area contributed by atoms with Crippen LogP contribution in [-0.2, 0) is 44.2 Å². The maximum atomic E-state index is 15.0. The summed E-state index contributed by atoms with van der Waals surface area (Å²) in [6, 6.07) is 2.54. The van der Waals surface area contributed by atoms with Crippen LogP contribution in [0.15, 0.2) is 16.9 Å². The average Bonchev–Trinajstić information content (AvgIpc) is 3.29. The van der Waals surface area contributed by atoms with E-state index >= 15 is 0 Å². The number of benzene rings is 1. The van der Waals surface area contributed by atoms with Gasteiger partial charge in [-0.25, -0.2) is 14.2 Å². The number of fused-ring (bicyclic) bond motifs is 5. The minimum Gasteiger partial charge on any atom is -0.458 e. The summed E-state index contributed by atoms with van der Waals surface area (Å²) >= 11 is 0. The Morgan fingerprint density at radius 3 is 2.85 bits per heavy atom. The number of ether oxygens (including phenoxy) is 2. The molecule has 6 rings (SSSR count). The zero-order valence-corrected chi connectivity index (χ0v) is 21.6. The molecule has 3 N–H and O–H groups in total. The van der Waals surface area contributed by atoms with Gasteiger partial charge in [0.15, 0.2) is 5.60 Å². The zero-order chi connectivity index (χ0) is 27.6. The average molecular weight is 538 g/mol. The number of esters is 1. The number of aryl methyl sites for hydroxylation is 1. The van der Waals surface area contributed by atoms with Gasteiger partial charge in [0.1, 0.15) is 19.0 Å². The second-order valence-electron chi connectivity index (χ2n) is 10.2. The maximum absolute atomic E-state index is 15.0. The Morgan fingerprint density at radius 2 is 2.10 bits per heavy atom. The molecule has 2 aliphatic heterocycles. The van der Waals surface area contributed by atoms with Gasteiger partial charge in [-0.3, -0.25) is 9.59 Å². The molecule has 2 atom stereocenters. The largest absolute Gasteiger partial charge is 0.458 e. The SMILES string of the molecule is CC[C@@]1(O)C(=O)OCc2c1cc1n(c2=O)Cc2c-1nc1cc(F)c(C)c3c1c2[C@@H](NC(=O)COCCO)CC3. The Balaban J connectivity index is 1.56. The number of pyridine rings is 2. The van der Waals surface area contributed by atoms with E-state index < -0.39 is 23.2 Å². The van der Waals surface area contributed by atoms with Crippen molar-refractivity contribution in [3.63, 3.8) is 0 Å². The molecule has 0 spiro atoms. The van der Waals surface area contributed by atoms with Crippen LogP contribution >= 0.6 is 0 Å². The summed E-state index contributed by atoms with van der Waals surface area (Å²) in [5.74, 6) is -1.56.